The average Bonchev–Trinajstić information content (AvgIpc) is 2.62. The number of pyridine rings is 1. The lowest BCUT2D eigenvalue weighted by Crippen LogP contribution is -3.00. The van der Waals surface area contributed by atoms with E-state index in [2.05, 4.69) is 49.6 Å². The van der Waals surface area contributed by atoms with Gasteiger partial charge in [-0.3, -0.25) is 4.79 Å². The Balaban J connectivity index is 0.00000243. The van der Waals surface area contributed by atoms with Crippen LogP contribution in [0.3, 0.4) is 0 Å². The van der Waals surface area contributed by atoms with Gasteiger partial charge in [0.2, 0.25) is 0 Å². The van der Waals surface area contributed by atoms with Crippen molar-refractivity contribution in [2.75, 3.05) is 0 Å². The highest BCUT2D eigenvalue weighted by Gasteiger charge is 2.14. The van der Waals surface area contributed by atoms with Gasteiger partial charge in [0.05, 0.1) is 0 Å². The normalized spacial score (nSPS) is 10.9. The van der Waals surface area contributed by atoms with E-state index >= 15 is 0 Å². The second-order valence-electron chi connectivity index (χ2n) is 7.40. The van der Waals surface area contributed by atoms with Crippen molar-refractivity contribution in [1.82, 2.24) is 0 Å². The van der Waals surface area contributed by atoms with Crippen LogP contribution in [0.25, 0.3) is 0 Å². The Morgan fingerprint density at radius 2 is 1.35 bits per heavy atom. The molecule has 26 heavy (non-hydrogen) atoms. The number of carbonyl (C=O) groups excluding carboxylic acids is 1. The third kappa shape index (κ3) is 4.80. The fourth-order valence-electron chi connectivity index (χ4n) is 2.79. The molecule has 0 radical (unpaired) electrons. The zero-order valence-corrected chi connectivity index (χ0v) is 16.2. The van der Waals surface area contributed by atoms with Crippen molar-refractivity contribution in [3.05, 3.63) is 101 Å². The van der Waals surface area contributed by atoms with E-state index < -0.39 is 0 Å². The Morgan fingerprint density at radius 1 is 0.808 bits per heavy atom. The molecule has 2 nitrogen and oxygen atoms in total. The van der Waals surface area contributed by atoms with E-state index in [1.165, 1.54) is 11.1 Å². The average molecular weight is 366 g/mol. The van der Waals surface area contributed by atoms with Crippen molar-refractivity contribution in [3.63, 3.8) is 0 Å². The number of halogens is 1. The van der Waals surface area contributed by atoms with Gasteiger partial charge >= 0.3 is 0 Å². The summed E-state index contributed by atoms with van der Waals surface area (Å²) in [4.78, 5) is 12.4. The van der Waals surface area contributed by atoms with Gasteiger partial charge in [-0.2, -0.15) is 0 Å². The van der Waals surface area contributed by atoms with Crippen LogP contribution in [0.2, 0.25) is 0 Å². The van der Waals surface area contributed by atoms with Crippen LogP contribution in [0.4, 0.5) is 0 Å². The zero-order chi connectivity index (χ0) is 17.9. The summed E-state index contributed by atoms with van der Waals surface area (Å²) in [6.45, 7) is 7.46. The van der Waals surface area contributed by atoms with Crippen LogP contribution >= 0.6 is 0 Å². The van der Waals surface area contributed by atoms with E-state index in [9.17, 15) is 4.79 Å². The van der Waals surface area contributed by atoms with E-state index in [0.29, 0.717) is 5.56 Å². The predicted molar refractivity (Wildman–Crippen MR) is 101 cm³/mol. The molecule has 0 saturated carbocycles. The Bertz CT molecular complexity index is 847. The highest BCUT2D eigenvalue weighted by Crippen LogP contribution is 2.22. The molecule has 134 valence electrons. The highest BCUT2D eigenvalue weighted by atomic mass is 35.5. The zero-order valence-electron chi connectivity index (χ0n) is 15.4. The first kappa shape index (κ1) is 19.9. The summed E-state index contributed by atoms with van der Waals surface area (Å²) < 4.78 is 2.09. The Kier molecular flexibility index (Phi) is 6.33. The number of hydrogen-bond acceptors (Lipinski definition) is 1. The maximum Gasteiger partial charge on any atom is 0.193 e. The molecule has 3 heteroatoms. The minimum Gasteiger partial charge on any atom is -1.00 e. The van der Waals surface area contributed by atoms with E-state index in [1.54, 1.807) is 0 Å². The topological polar surface area (TPSA) is 20.9 Å². The molecule has 2 aromatic carbocycles. The number of carbonyl (C=O) groups is 1. The highest BCUT2D eigenvalue weighted by molar-refractivity contribution is 6.08. The first-order valence-electron chi connectivity index (χ1n) is 8.62. The first-order valence-corrected chi connectivity index (χ1v) is 8.62. The summed E-state index contributed by atoms with van der Waals surface area (Å²) in [6.07, 6.45) is 3.93. The van der Waals surface area contributed by atoms with Crippen molar-refractivity contribution in [2.24, 2.45) is 0 Å². The van der Waals surface area contributed by atoms with Gasteiger partial charge in [0.1, 0.15) is 0 Å². The number of rotatable bonds is 4. The van der Waals surface area contributed by atoms with Crippen molar-refractivity contribution >= 4 is 5.78 Å². The van der Waals surface area contributed by atoms with Crippen LogP contribution < -0.4 is 17.0 Å². The number of hydrogen-bond donors (Lipinski definition) is 0. The monoisotopic (exact) mass is 365 g/mol. The van der Waals surface area contributed by atoms with Gasteiger partial charge in [-0.1, -0.05) is 75.4 Å². The molecule has 1 heterocycles. The summed E-state index contributed by atoms with van der Waals surface area (Å²) in [5, 5.41) is 0. The first-order chi connectivity index (χ1) is 11.9. The van der Waals surface area contributed by atoms with E-state index in [0.717, 1.165) is 12.1 Å². The van der Waals surface area contributed by atoms with Gasteiger partial charge in [-0.25, -0.2) is 4.57 Å². The second-order valence-corrected chi connectivity index (χ2v) is 7.40. The van der Waals surface area contributed by atoms with Crippen LogP contribution in [0.5, 0.6) is 0 Å². The molecular weight excluding hydrogens is 342 g/mol. The Morgan fingerprint density at radius 3 is 1.88 bits per heavy atom. The van der Waals surface area contributed by atoms with E-state index in [1.807, 2.05) is 54.9 Å². The van der Waals surface area contributed by atoms with Crippen LogP contribution in [-0.2, 0) is 12.0 Å². The third-order valence-electron chi connectivity index (χ3n) is 4.37. The van der Waals surface area contributed by atoms with Gasteiger partial charge in [-0.15, -0.1) is 0 Å². The molecule has 0 N–H and O–H groups in total. The number of nitrogens with zero attached hydrogens (tertiary/aromatic N) is 1. The Labute approximate surface area is 161 Å². The summed E-state index contributed by atoms with van der Waals surface area (Å²) >= 11 is 0. The largest absolute Gasteiger partial charge is 1.00 e. The predicted octanol–water partition coefficient (Wildman–Crippen LogP) is 1.55. The maximum atomic E-state index is 12.4. The van der Waals surface area contributed by atoms with Crippen molar-refractivity contribution < 1.29 is 21.8 Å². The van der Waals surface area contributed by atoms with Gasteiger partial charge in [-0.05, 0) is 11.0 Å². The number of benzene rings is 2. The standard InChI is InChI=1S/C23H24NO.ClH/c1-23(2,3)21-11-9-18(10-12-21)17-24-15-13-20(14-16-24)22(25)19-7-5-4-6-8-19;/h4-16H,17H2,1-3H3;1H/q+1;/p-1. The van der Waals surface area contributed by atoms with E-state index in [4.69, 9.17) is 0 Å². The minimum absolute atomic E-state index is 0. The molecule has 0 aliphatic rings. The van der Waals surface area contributed by atoms with Gasteiger partial charge in [0.25, 0.3) is 0 Å². The lowest BCUT2D eigenvalue weighted by molar-refractivity contribution is -0.688. The van der Waals surface area contributed by atoms with Crippen molar-refractivity contribution in [3.8, 4) is 0 Å². The number of aromatic nitrogens is 1. The quantitative estimate of drug-likeness (QED) is 0.507. The fraction of sp³-hybridized carbons (Fsp3) is 0.217. The van der Waals surface area contributed by atoms with Crippen LogP contribution in [-0.4, -0.2) is 5.78 Å². The molecule has 0 unspecified atom stereocenters. The molecule has 0 aliphatic heterocycles. The molecule has 0 atom stereocenters. The van der Waals surface area contributed by atoms with Gasteiger partial charge in [0.15, 0.2) is 24.7 Å². The maximum absolute atomic E-state index is 12.4. The van der Waals surface area contributed by atoms with E-state index in [-0.39, 0.29) is 23.6 Å². The van der Waals surface area contributed by atoms with Crippen LogP contribution in [0.15, 0.2) is 79.1 Å². The molecule has 3 rings (SSSR count). The molecule has 0 amide bonds. The van der Waals surface area contributed by atoms with Crippen LogP contribution in [0, 0.1) is 0 Å². The summed E-state index contributed by atoms with van der Waals surface area (Å²) in [7, 11) is 0. The minimum atomic E-state index is 0. The fourth-order valence-corrected chi connectivity index (χ4v) is 2.79. The smallest absolute Gasteiger partial charge is 0.193 e. The molecule has 0 fully saturated rings. The number of ketones is 1. The summed E-state index contributed by atoms with van der Waals surface area (Å²) in [6, 6.07) is 21.9. The van der Waals surface area contributed by atoms with Gasteiger partial charge < -0.3 is 12.4 Å². The summed E-state index contributed by atoms with van der Waals surface area (Å²) in [5.74, 6) is 0.0577. The molecule has 3 aromatic rings. The third-order valence-corrected chi connectivity index (χ3v) is 4.37. The lowest BCUT2D eigenvalue weighted by atomic mass is 9.87. The molecule has 0 saturated heterocycles. The van der Waals surface area contributed by atoms with Gasteiger partial charge in [0, 0.05) is 28.8 Å². The molecule has 0 aliphatic carbocycles. The molecule has 1 aromatic heterocycles. The lowest BCUT2D eigenvalue weighted by Gasteiger charge is -2.18. The molecule has 0 bridgehead atoms. The van der Waals surface area contributed by atoms with Crippen molar-refractivity contribution in [1.29, 1.82) is 0 Å². The molecular formula is C23H24ClNO. The van der Waals surface area contributed by atoms with Crippen molar-refractivity contribution in [2.45, 2.75) is 32.7 Å². The molecule has 0 spiro atoms. The summed E-state index contributed by atoms with van der Waals surface area (Å²) in [5.41, 5.74) is 4.19. The second kappa shape index (κ2) is 8.29. The SMILES string of the molecule is CC(C)(C)c1ccc(C[n+]2ccc(C(=O)c3ccccc3)cc2)cc1.[Cl-]. The van der Waals surface area contributed by atoms with Crippen LogP contribution in [0.1, 0.15) is 47.8 Å². The Hall–Kier alpha value is -2.45.